The van der Waals surface area contributed by atoms with Crippen LogP contribution in [0, 0.1) is 11.6 Å². The van der Waals surface area contributed by atoms with Gasteiger partial charge in [-0.05, 0) is 30.7 Å². The first-order valence-corrected chi connectivity index (χ1v) is 11.2. The Hall–Kier alpha value is -2.07. The summed E-state index contributed by atoms with van der Waals surface area (Å²) in [6, 6.07) is 7.27. The molecule has 2 heterocycles. The molecule has 2 atom stereocenters. The molecule has 1 saturated heterocycles. The van der Waals surface area contributed by atoms with Crippen molar-refractivity contribution in [2.45, 2.75) is 23.9 Å². The zero-order chi connectivity index (χ0) is 22.2. The van der Waals surface area contributed by atoms with Crippen LogP contribution in [0.3, 0.4) is 0 Å². The zero-order valence-corrected chi connectivity index (χ0v) is 18.0. The summed E-state index contributed by atoms with van der Waals surface area (Å²) in [7, 11) is 0. The number of ether oxygens (including phenoxy) is 1. The van der Waals surface area contributed by atoms with E-state index < -0.39 is 23.3 Å². The fraction of sp³-hybridized carbons (Fsp3) is 0.381. The zero-order valence-electron chi connectivity index (χ0n) is 16.4. The van der Waals surface area contributed by atoms with Gasteiger partial charge < -0.3 is 25.2 Å². The fourth-order valence-corrected chi connectivity index (χ4v) is 4.83. The molecule has 2 aromatic carbocycles. The van der Waals surface area contributed by atoms with Crippen molar-refractivity contribution in [2.75, 3.05) is 35.7 Å². The van der Waals surface area contributed by atoms with Crippen LogP contribution in [0.15, 0.2) is 30.3 Å². The van der Waals surface area contributed by atoms with Crippen LogP contribution in [0.4, 0.5) is 20.2 Å². The molecule has 6 nitrogen and oxygen atoms in total. The van der Waals surface area contributed by atoms with Crippen LogP contribution in [0.25, 0.3) is 0 Å². The summed E-state index contributed by atoms with van der Waals surface area (Å²) >= 11 is 7.13. The Kier molecular flexibility index (Phi) is 6.30. The molecule has 10 heteroatoms. The first-order chi connectivity index (χ1) is 14.8. The number of nitrogens with one attached hydrogen (secondary N) is 1. The van der Waals surface area contributed by atoms with Crippen LogP contribution in [0.5, 0.6) is 5.75 Å². The molecule has 0 aromatic heterocycles. The molecule has 0 spiro atoms. The van der Waals surface area contributed by atoms with Crippen LogP contribution < -0.4 is 15.0 Å². The molecule has 2 aliphatic rings. The van der Waals surface area contributed by atoms with Crippen LogP contribution in [-0.2, 0) is 10.5 Å². The van der Waals surface area contributed by atoms with Gasteiger partial charge in [0.05, 0.1) is 5.75 Å². The fourth-order valence-electron chi connectivity index (χ4n) is 3.77. The van der Waals surface area contributed by atoms with E-state index in [4.69, 9.17) is 16.3 Å². The van der Waals surface area contributed by atoms with Crippen LogP contribution in [0.2, 0.25) is 5.02 Å². The maximum absolute atomic E-state index is 14.2. The minimum Gasteiger partial charge on any atom is -0.490 e. The number of carbonyl (C=O) groups excluding carboxylic acids is 1. The number of amides is 1. The monoisotopic (exact) mass is 470 g/mol. The summed E-state index contributed by atoms with van der Waals surface area (Å²) in [6.45, 7) is -0.262. The Bertz CT molecular complexity index is 988. The van der Waals surface area contributed by atoms with Crippen molar-refractivity contribution in [2.24, 2.45) is 0 Å². The molecule has 0 bridgehead atoms. The van der Waals surface area contributed by atoms with Gasteiger partial charge in [0.15, 0.2) is 11.6 Å². The predicted molar refractivity (Wildman–Crippen MR) is 116 cm³/mol. The Morgan fingerprint density at radius 2 is 2.03 bits per heavy atom. The van der Waals surface area contributed by atoms with Crippen molar-refractivity contribution in [3.05, 3.63) is 52.6 Å². The molecule has 2 aromatic rings. The number of nitrogens with zero attached hydrogens (tertiary/aromatic N) is 1. The standard InChI is InChI=1S/C21H21ClF2N2O4S/c22-12-6-14(23)20(15(24)7-12)26-5-4-21(29,18(27)8-26)11-30-17-3-1-2-16-13(17)9-31-10-19(28)25-16/h1-3,6-7,18,27,29H,4-5,8-11H2,(H,25,28)/t18-,21-/m1/s1. The van der Waals surface area contributed by atoms with Crippen molar-refractivity contribution < 1.29 is 28.5 Å². The average Bonchev–Trinajstić information content (AvgIpc) is 2.89. The molecule has 0 saturated carbocycles. The highest BCUT2D eigenvalue weighted by Crippen LogP contribution is 2.35. The van der Waals surface area contributed by atoms with Gasteiger partial charge in [0.1, 0.15) is 29.7 Å². The number of carbonyl (C=O) groups is 1. The molecule has 1 fully saturated rings. The van der Waals surface area contributed by atoms with Gasteiger partial charge in [-0.25, -0.2) is 8.78 Å². The molecular formula is C21H21ClF2N2O4S. The number of halogens is 3. The van der Waals surface area contributed by atoms with E-state index in [0.717, 1.165) is 17.7 Å². The maximum Gasteiger partial charge on any atom is 0.234 e. The lowest BCUT2D eigenvalue weighted by Crippen LogP contribution is -2.58. The van der Waals surface area contributed by atoms with E-state index >= 15 is 0 Å². The molecular weight excluding hydrogens is 450 g/mol. The maximum atomic E-state index is 14.2. The van der Waals surface area contributed by atoms with E-state index in [9.17, 15) is 23.8 Å². The first-order valence-electron chi connectivity index (χ1n) is 9.69. The topological polar surface area (TPSA) is 82.0 Å². The van der Waals surface area contributed by atoms with E-state index in [1.165, 1.54) is 16.7 Å². The number of piperidine rings is 1. The third kappa shape index (κ3) is 4.59. The largest absolute Gasteiger partial charge is 0.490 e. The van der Waals surface area contributed by atoms with E-state index in [1.54, 1.807) is 18.2 Å². The molecule has 0 radical (unpaired) electrons. The second-order valence-corrected chi connectivity index (χ2v) is 9.07. The highest BCUT2D eigenvalue weighted by atomic mass is 35.5. The number of fused-ring (bicyclic) bond motifs is 1. The van der Waals surface area contributed by atoms with Crippen molar-refractivity contribution in [3.8, 4) is 5.75 Å². The quantitative estimate of drug-likeness (QED) is 0.636. The number of β-amino-alcohol motifs (C(OH)–C–C–N with tert-alkyl or cyclic N) is 1. The molecule has 1 amide bonds. The van der Waals surface area contributed by atoms with Gasteiger partial charge in [0.25, 0.3) is 0 Å². The number of benzene rings is 2. The van der Waals surface area contributed by atoms with Crippen LogP contribution in [-0.4, -0.2) is 53.3 Å². The molecule has 166 valence electrons. The smallest absolute Gasteiger partial charge is 0.234 e. The van der Waals surface area contributed by atoms with Gasteiger partial charge in [-0.2, -0.15) is 0 Å². The van der Waals surface area contributed by atoms with Gasteiger partial charge in [0, 0.05) is 35.1 Å². The number of rotatable bonds is 4. The molecule has 4 rings (SSSR count). The SMILES string of the molecule is O=C1CSCc2c(cccc2OC[C@]2(O)CCN(c3c(F)cc(Cl)cc3F)C[C@H]2O)N1. The summed E-state index contributed by atoms with van der Waals surface area (Å²) < 4.78 is 34.3. The second-order valence-electron chi connectivity index (χ2n) is 7.65. The summed E-state index contributed by atoms with van der Waals surface area (Å²) in [4.78, 5) is 13.1. The Labute approximate surface area is 187 Å². The number of thioether (sulfide) groups is 1. The number of aliphatic hydroxyl groups is 2. The van der Waals surface area contributed by atoms with Crippen molar-refractivity contribution in [1.82, 2.24) is 0 Å². The highest BCUT2D eigenvalue weighted by molar-refractivity contribution is 7.99. The molecule has 2 aliphatic heterocycles. The van der Waals surface area contributed by atoms with E-state index in [-0.39, 0.29) is 42.7 Å². The molecule has 0 aliphatic carbocycles. The van der Waals surface area contributed by atoms with Crippen molar-refractivity contribution in [3.63, 3.8) is 0 Å². The highest BCUT2D eigenvalue weighted by Gasteiger charge is 2.42. The van der Waals surface area contributed by atoms with Crippen molar-refractivity contribution in [1.29, 1.82) is 0 Å². The Morgan fingerprint density at radius 1 is 1.29 bits per heavy atom. The van der Waals surface area contributed by atoms with Crippen molar-refractivity contribution >= 4 is 40.6 Å². The normalized spacial score (nSPS) is 23.7. The second kappa shape index (κ2) is 8.82. The predicted octanol–water partition coefficient (Wildman–Crippen LogP) is 3.18. The number of anilines is 2. The third-order valence-electron chi connectivity index (χ3n) is 5.49. The van der Waals surface area contributed by atoms with Crippen LogP contribution in [0.1, 0.15) is 12.0 Å². The van der Waals surface area contributed by atoms with E-state index in [0.29, 0.717) is 22.9 Å². The van der Waals surface area contributed by atoms with E-state index in [1.807, 2.05) is 0 Å². The first kappa shape index (κ1) is 22.1. The lowest BCUT2D eigenvalue weighted by atomic mass is 9.89. The molecule has 31 heavy (non-hydrogen) atoms. The van der Waals surface area contributed by atoms with E-state index in [2.05, 4.69) is 5.32 Å². The summed E-state index contributed by atoms with van der Waals surface area (Å²) in [5.74, 6) is -0.344. The van der Waals surface area contributed by atoms with Gasteiger partial charge in [-0.3, -0.25) is 4.79 Å². The number of hydrogen-bond donors (Lipinski definition) is 3. The number of aliphatic hydroxyl groups excluding tert-OH is 1. The van der Waals surface area contributed by atoms with Gasteiger partial charge in [0.2, 0.25) is 5.91 Å². The van der Waals surface area contributed by atoms with Crippen LogP contribution >= 0.6 is 23.4 Å². The summed E-state index contributed by atoms with van der Waals surface area (Å²) in [5, 5.41) is 24.3. The lowest BCUT2D eigenvalue weighted by molar-refractivity contribution is -0.113. The summed E-state index contributed by atoms with van der Waals surface area (Å²) in [6.07, 6.45) is -1.26. The Balaban J connectivity index is 1.47. The lowest BCUT2D eigenvalue weighted by Gasteiger charge is -2.42. The average molecular weight is 471 g/mol. The minimum absolute atomic E-state index is 0.0379. The third-order valence-corrected chi connectivity index (χ3v) is 6.67. The Morgan fingerprint density at radius 3 is 2.74 bits per heavy atom. The van der Waals surface area contributed by atoms with Gasteiger partial charge in [-0.15, -0.1) is 11.8 Å². The molecule has 3 N–H and O–H groups in total. The van der Waals surface area contributed by atoms with Gasteiger partial charge >= 0.3 is 0 Å². The summed E-state index contributed by atoms with van der Waals surface area (Å²) in [5.41, 5.74) is -0.421. The van der Waals surface area contributed by atoms with Gasteiger partial charge in [-0.1, -0.05) is 17.7 Å². The number of hydrogen-bond acceptors (Lipinski definition) is 6. The minimum atomic E-state index is -1.60. The molecule has 0 unspecified atom stereocenters.